The van der Waals surface area contributed by atoms with Crippen molar-refractivity contribution in [1.82, 2.24) is 0 Å². The third-order valence-electron chi connectivity index (χ3n) is 5.06. The highest BCUT2D eigenvalue weighted by molar-refractivity contribution is 7.16. The Morgan fingerprint density at radius 2 is 1.84 bits per heavy atom. The molecule has 0 unspecified atom stereocenters. The van der Waals surface area contributed by atoms with E-state index in [0.29, 0.717) is 16.1 Å². The third kappa shape index (κ3) is 3.01. The summed E-state index contributed by atoms with van der Waals surface area (Å²) in [7, 11) is 2.99. The Morgan fingerprint density at radius 3 is 2.44 bits per heavy atom. The van der Waals surface area contributed by atoms with Gasteiger partial charge in [0.25, 0.3) is 5.79 Å². The van der Waals surface area contributed by atoms with Gasteiger partial charge in [-0.05, 0) is 30.2 Å². The van der Waals surface area contributed by atoms with E-state index in [1.54, 1.807) is 0 Å². The molecular formula is C20H25NO3S. The van der Waals surface area contributed by atoms with Gasteiger partial charge in [-0.15, -0.1) is 11.3 Å². The minimum Gasteiger partial charge on any atom is -0.390 e. The summed E-state index contributed by atoms with van der Waals surface area (Å²) in [4.78, 5) is 14.7. The number of fused-ring (bicyclic) bond motifs is 1. The maximum Gasteiger partial charge on any atom is 0.260 e. The van der Waals surface area contributed by atoms with Gasteiger partial charge < -0.3 is 15.2 Å². The predicted molar refractivity (Wildman–Crippen MR) is 101 cm³/mol. The number of ketones is 1. The minimum absolute atomic E-state index is 0.224. The summed E-state index contributed by atoms with van der Waals surface area (Å²) >= 11 is 1.53. The topological polar surface area (TPSA) is 61.5 Å². The summed E-state index contributed by atoms with van der Waals surface area (Å²) in [6, 6.07) is 9.30. The van der Waals surface area contributed by atoms with Crippen LogP contribution in [0.3, 0.4) is 0 Å². The normalized spacial score (nSPS) is 16.5. The lowest BCUT2D eigenvalue weighted by atomic mass is 9.76. The van der Waals surface area contributed by atoms with Gasteiger partial charge >= 0.3 is 0 Å². The van der Waals surface area contributed by atoms with Crippen LogP contribution in [0.25, 0.3) is 0 Å². The highest BCUT2D eigenvalue weighted by Crippen LogP contribution is 2.45. The zero-order chi connectivity index (χ0) is 18.2. The van der Waals surface area contributed by atoms with Crippen molar-refractivity contribution in [3.8, 4) is 0 Å². The van der Waals surface area contributed by atoms with Crippen molar-refractivity contribution in [2.45, 2.75) is 38.9 Å². The lowest BCUT2D eigenvalue weighted by Crippen LogP contribution is -2.40. The summed E-state index contributed by atoms with van der Waals surface area (Å²) in [5.74, 6) is -1.70. The maximum absolute atomic E-state index is 13.5. The molecule has 2 N–H and O–H groups in total. The molecule has 3 rings (SSSR count). The first-order valence-electron chi connectivity index (χ1n) is 8.45. The molecule has 0 fully saturated rings. The third-order valence-corrected chi connectivity index (χ3v) is 6.12. The van der Waals surface area contributed by atoms with E-state index in [1.807, 2.05) is 30.3 Å². The second-order valence-corrected chi connectivity index (χ2v) is 8.44. The Kier molecular flexibility index (Phi) is 4.75. The maximum atomic E-state index is 13.5. The van der Waals surface area contributed by atoms with Crippen LogP contribution in [0.5, 0.6) is 0 Å². The molecule has 0 saturated heterocycles. The summed E-state index contributed by atoms with van der Waals surface area (Å²) in [5.41, 5.74) is 8.83. The molecule has 25 heavy (non-hydrogen) atoms. The van der Waals surface area contributed by atoms with Gasteiger partial charge in [0.2, 0.25) is 5.78 Å². The Balaban J connectivity index is 2.10. The van der Waals surface area contributed by atoms with Crippen molar-refractivity contribution < 1.29 is 14.3 Å². The van der Waals surface area contributed by atoms with Crippen molar-refractivity contribution in [3.05, 3.63) is 51.9 Å². The molecule has 5 heteroatoms. The quantitative estimate of drug-likeness (QED) is 0.643. The van der Waals surface area contributed by atoms with E-state index in [0.717, 1.165) is 24.8 Å². The number of anilines is 1. The molecular weight excluding hydrogens is 334 g/mol. The number of Topliss-reactive ketones (excluding diaryl/α,β-unsaturated/α-hetero) is 1. The second-order valence-electron chi connectivity index (χ2n) is 7.30. The number of ether oxygens (including phenoxy) is 2. The van der Waals surface area contributed by atoms with Gasteiger partial charge in [0, 0.05) is 24.7 Å². The van der Waals surface area contributed by atoms with Crippen molar-refractivity contribution in [2.24, 2.45) is 5.41 Å². The van der Waals surface area contributed by atoms with E-state index in [2.05, 4.69) is 13.8 Å². The molecule has 1 heterocycles. The molecule has 1 aliphatic carbocycles. The predicted octanol–water partition coefficient (Wildman–Crippen LogP) is 4.17. The summed E-state index contributed by atoms with van der Waals surface area (Å²) in [6.45, 7) is 4.51. The second kappa shape index (κ2) is 6.56. The molecule has 134 valence electrons. The van der Waals surface area contributed by atoms with Crippen molar-refractivity contribution >= 4 is 22.1 Å². The van der Waals surface area contributed by atoms with E-state index in [-0.39, 0.29) is 11.2 Å². The van der Waals surface area contributed by atoms with Crippen LogP contribution >= 0.6 is 11.3 Å². The fourth-order valence-electron chi connectivity index (χ4n) is 3.63. The van der Waals surface area contributed by atoms with Crippen molar-refractivity contribution in [1.29, 1.82) is 0 Å². The van der Waals surface area contributed by atoms with Crippen molar-refractivity contribution in [3.63, 3.8) is 0 Å². The Labute approximate surface area is 153 Å². The molecule has 2 aromatic rings. The number of nitrogen functional groups attached to an aromatic ring is 1. The van der Waals surface area contributed by atoms with Gasteiger partial charge in [-0.25, -0.2) is 0 Å². The molecule has 1 aromatic carbocycles. The number of carbonyl (C=O) groups is 1. The van der Waals surface area contributed by atoms with Gasteiger partial charge in [0.05, 0.1) is 10.6 Å². The molecule has 0 saturated carbocycles. The van der Waals surface area contributed by atoms with Crippen LogP contribution in [0.2, 0.25) is 0 Å². The zero-order valence-corrected chi connectivity index (χ0v) is 16.0. The molecule has 0 bridgehead atoms. The summed E-state index contributed by atoms with van der Waals surface area (Å²) < 4.78 is 11.2. The largest absolute Gasteiger partial charge is 0.390 e. The van der Waals surface area contributed by atoms with Gasteiger partial charge in [0.1, 0.15) is 0 Å². The minimum atomic E-state index is -1.48. The van der Waals surface area contributed by atoms with E-state index in [4.69, 9.17) is 15.2 Å². The number of benzene rings is 1. The standard InChI is InChI=1S/C20H25NO3S/c1-19(2)11-10-14-15(12-19)25-18(21)16(14)17(22)20(23-3,24-4)13-8-6-5-7-9-13/h5-9H,10-12,21H2,1-4H3. The van der Waals surface area contributed by atoms with Crippen LogP contribution < -0.4 is 5.73 Å². The Morgan fingerprint density at radius 1 is 1.20 bits per heavy atom. The van der Waals surface area contributed by atoms with Crippen LogP contribution in [-0.2, 0) is 28.1 Å². The number of rotatable bonds is 5. The van der Waals surface area contributed by atoms with Crippen LogP contribution in [0, 0.1) is 5.41 Å². The van der Waals surface area contributed by atoms with Crippen LogP contribution in [0.15, 0.2) is 30.3 Å². The average molecular weight is 359 g/mol. The molecule has 4 nitrogen and oxygen atoms in total. The highest BCUT2D eigenvalue weighted by Gasteiger charge is 2.45. The molecule has 1 aliphatic rings. The molecule has 0 amide bonds. The number of hydrogen-bond donors (Lipinski definition) is 1. The fourth-order valence-corrected chi connectivity index (χ4v) is 5.01. The Hall–Kier alpha value is -1.69. The van der Waals surface area contributed by atoms with Crippen LogP contribution in [0.4, 0.5) is 5.00 Å². The van der Waals surface area contributed by atoms with Crippen LogP contribution in [0.1, 0.15) is 46.6 Å². The Bertz CT molecular complexity index is 776. The number of thiophene rings is 1. The van der Waals surface area contributed by atoms with E-state index in [9.17, 15) is 4.79 Å². The average Bonchev–Trinajstić information content (AvgIpc) is 2.90. The smallest absolute Gasteiger partial charge is 0.260 e. The summed E-state index contributed by atoms with van der Waals surface area (Å²) in [6.07, 6.45) is 2.84. The summed E-state index contributed by atoms with van der Waals surface area (Å²) in [5, 5.41) is 0.558. The zero-order valence-electron chi connectivity index (χ0n) is 15.2. The van der Waals surface area contributed by atoms with Crippen molar-refractivity contribution in [2.75, 3.05) is 20.0 Å². The molecule has 0 spiro atoms. The molecule has 0 aliphatic heterocycles. The molecule has 0 radical (unpaired) electrons. The molecule has 0 atom stereocenters. The lowest BCUT2D eigenvalue weighted by Gasteiger charge is -2.32. The first-order chi connectivity index (χ1) is 11.8. The molecule has 1 aromatic heterocycles. The highest BCUT2D eigenvalue weighted by atomic mass is 32.1. The van der Waals surface area contributed by atoms with Gasteiger partial charge in [-0.3, -0.25) is 4.79 Å². The van der Waals surface area contributed by atoms with E-state index in [1.165, 1.54) is 30.4 Å². The number of hydrogen-bond acceptors (Lipinski definition) is 5. The monoisotopic (exact) mass is 359 g/mol. The van der Waals surface area contributed by atoms with Crippen LogP contribution in [-0.4, -0.2) is 20.0 Å². The van der Waals surface area contributed by atoms with E-state index < -0.39 is 5.79 Å². The SMILES string of the molecule is COC(OC)(C(=O)c1c(N)sc2c1CCC(C)(C)C2)c1ccccc1. The van der Waals surface area contributed by atoms with Gasteiger partial charge in [-0.1, -0.05) is 44.2 Å². The number of carbonyl (C=O) groups excluding carboxylic acids is 1. The van der Waals surface area contributed by atoms with Gasteiger partial charge in [-0.2, -0.15) is 0 Å². The number of methoxy groups -OCH3 is 2. The van der Waals surface area contributed by atoms with E-state index >= 15 is 0 Å². The van der Waals surface area contributed by atoms with Gasteiger partial charge in [0.15, 0.2) is 0 Å². The number of nitrogens with two attached hydrogens (primary N) is 1. The first kappa shape index (κ1) is 18.1. The lowest BCUT2D eigenvalue weighted by molar-refractivity contribution is -0.176. The fraction of sp³-hybridized carbons (Fsp3) is 0.450. The first-order valence-corrected chi connectivity index (χ1v) is 9.27.